The first-order valence-electron chi connectivity index (χ1n) is 14.5. The highest BCUT2D eigenvalue weighted by Gasteiger charge is 2.56. The zero-order valence-corrected chi connectivity index (χ0v) is 23.0. The number of carboxylic acids is 3. The zero-order chi connectivity index (χ0) is 29.0. The van der Waals surface area contributed by atoms with Crippen LogP contribution in [0.4, 0.5) is 0 Å². The number of fused-ring (bicyclic) bond motifs is 4. The average molecular weight is 561 g/mol. The number of aliphatic hydroxyl groups is 1. The van der Waals surface area contributed by atoms with E-state index in [9.17, 15) is 34.8 Å². The lowest BCUT2D eigenvalue weighted by molar-refractivity contribution is -0.177. The number of hydrogen-bond acceptors (Lipinski definition) is 5. The fourth-order valence-electron chi connectivity index (χ4n) is 8.11. The number of aromatic nitrogens is 1. The van der Waals surface area contributed by atoms with Crippen molar-refractivity contribution in [2.24, 2.45) is 0 Å². The van der Waals surface area contributed by atoms with Crippen molar-refractivity contribution >= 4 is 28.8 Å². The third-order valence-corrected chi connectivity index (χ3v) is 10.1. The van der Waals surface area contributed by atoms with E-state index in [2.05, 4.69) is 29.2 Å². The van der Waals surface area contributed by atoms with Gasteiger partial charge >= 0.3 is 17.9 Å². The highest BCUT2D eigenvalue weighted by atomic mass is 16.4. The molecule has 3 aliphatic rings. The van der Waals surface area contributed by atoms with Crippen molar-refractivity contribution in [2.75, 3.05) is 13.1 Å². The van der Waals surface area contributed by atoms with Gasteiger partial charge in [-0.25, -0.2) is 9.59 Å². The van der Waals surface area contributed by atoms with E-state index in [4.69, 9.17) is 0 Å². The molecule has 0 radical (unpaired) electrons. The molecule has 2 aliphatic carbocycles. The number of hydrogen-bond donors (Lipinski definition) is 4. The van der Waals surface area contributed by atoms with Crippen LogP contribution < -0.4 is 0 Å². The van der Waals surface area contributed by atoms with E-state index in [0.717, 1.165) is 74.7 Å². The first-order valence-corrected chi connectivity index (χ1v) is 14.5. The number of para-hydroxylation sites is 1. The van der Waals surface area contributed by atoms with Gasteiger partial charge in [-0.05, 0) is 68.6 Å². The summed E-state index contributed by atoms with van der Waals surface area (Å²) in [5.74, 6) is -5.02. The zero-order valence-electron chi connectivity index (χ0n) is 23.0. The molecule has 9 heteroatoms. The Bertz CT molecular complexity index is 1500. The average Bonchev–Trinajstić information content (AvgIpc) is 3.24. The molecule has 41 heavy (non-hydrogen) atoms. The molecule has 216 valence electrons. The number of carbonyl (C=O) groups is 3. The summed E-state index contributed by atoms with van der Waals surface area (Å²) in [6.07, 6.45) is 5.66. The van der Waals surface area contributed by atoms with E-state index in [1.54, 1.807) is 12.1 Å². The summed E-state index contributed by atoms with van der Waals surface area (Å²) in [5.41, 5.74) is -0.0469. The molecule has 3 aromatic rings. The maximum absolute atomic E-state index is 12.9. The Balaban J connectivity index is 1.53. The van der Waals surface area contributed by atoms with Crippen molar-refractivity contribution < 1.29 is 34.8 Å². The number of aryl methyl sites for hydroxylation is 1. The van der Waals surface area contributed by atoms with Gasteiger partial charge in [0.05, 0.1) is 6.42 Å². The Morgan fingerprint density at radius 1 is 0.854 bits per heavy atom. The molecule has 1 aromatic heterocycles. The van der Waals surface area contributed by atoms with Gasteiger partial charge in [0.2, 0.25) is 5.60 Å². The Labute approximate surface area is 238 Å². The van der Waals surface area contributed by atoms with Gasteiger partial charge in [-0.2, -0.15) is 0 Å². The predicted octanol–water partition coefficient (Wildman–Crippen LogP) is 4.31. The molecule has 0 amide bonds. The maximum Gasteiger partial charge on any atom is 0.339 e. The standard InChI is InChI=1S/C32H36N2O7/c35-25(36)20-32(41,29(39)40)27(28(37)38)34-24-12-5-4-10-22(24)23-11-6-13-30(26(23)34)14-16-31(17-15-30,33-18-7-19-33)21-8-2-1-3-9-21/h1-5,8-10,12,27,41H,6-7,11,13-20H2,(H,35,36)(H,37,38)(H,39,40). The molecule has 1 saturated heterocycles. The summed E-state index contributed by atoms with van der Waals surface area (Å²) in [7, 11) is 0. The van der Waals surface area contributed by atoms with E-state index in [1.165, 1.54) is 10.1 Å². The van der Waals surface area contributed by atoms with Crippen LogP contribution in [0.25, 0.3) is 10.9 Å². The molecule has 2 fully saturated rings. The van der Waals surface area contributed by atoms with Crippen LogP contribution in [0, 0.1) is 0 Å². The number of likely N-dealkylation sites (tertiary alicyclic amines) is 1. The van der Waals surface area contributed by atoms with Gasteiger partial charge in [-0.15, -0.1) is 0 Å². The second-order valence-electron chi connectivity index (χ2n) is 12.1. The monoisotopic (exact) mass is 560 g/mol. The second kappa shape index (κ2) is 9.99. The second-order valence-corrected chi connectivity index (χ2v) is 12.1. The Morgan fingerprint density at radius 3 is 2.10 bits per heavy atom. The minimum atomic E-state index is -3.05. The van der Waals surface area contributed by atoms with Gasteiger partial charge in [0.25, 0.3) is 0 Å². The smallest absolute Gasteiger partial charge is 0.339 e. The SMILES string of the molecule is O=C(O)CC(O)(C(=O)O)C(C(=O)O)n1c2c(c3ccccc31)CCCC21CCC(c2ccccc2)(N2CCC2)CC1. The van der Waals surface area contributed by atoms with Crippen molar-refractivity contribution in [2.45, 2.75) is 80.4 Å². The first-order chi connectivity index (χ1) is 19.6. The fraction of sp³-hybridized carbons (Fsp3) is 0.469. The van der Waals surface area contributed by atoms with Crippen molar-refractivity contribution in [1.29, 1.82) is 0 Å². The predicted molar refractivity (Wildman–Crippen MR) is 151 cm³/mol. The maximum atomic E-state index is 12.9. The summed E-state index contributed by atoms with van der Waals surface area (Å²) in [4.78, 5) is 39.6. The van der Waals surface area contributed by atoms with Crippen LogP contribution in [0.5, 0.6) is 0 Å². The summed E-state index contributed by atoms with van der Waals surface area (Å²) >= 11 is 0. The highest BCUT2D eigenvalue weighted by molar-refractivity contribution is 5.94. The Hall–Kier alpha value is -3.69. The van der Waals surface area contributed by atoms with Crippen LogP contribution in [-0.2, 0) is 31.8 Å². The number of carboxylic acid groups (broad SMARTS) is 3. The third kappa shape index (κ3) is 4.16. The molecular formula is C32H36N2O7. The fourth-order valence-corrected chi connectivity index (χ4v) is 8.11. The van der Waals surface area contributed by atoms with Crippen molar-refractivity contribution in [3.05, 3.63) is 71.4 Å². The van der Waals surface area contributed by atoms with Crippen LogP contribution in [0.3, 0.4) is 0 Å². The van der Waals surface area contributed by atoms with E-state index < -0.39 is 41.4 Å². The molecule has 9 nitrogen and oxygen atoms in total. The molecule has 2 atom stereocenters. The van der Waals surface area contributed by atoms with Gasteiger partial charge in [0, 0.05) is 40.6 Å². The molecule has 2 heterocycles. The van der Waals surface area contributed by atoms with Crippen molar-refractivity contribution in [1.82, 2.24) is 9.47 Å². The lowest BCUT2D eigenvalue weighted by atomic mass is 9.59. The normalized spacial score (nSPS) is 26.6. The van der Waals surface area contributed by atoms with Gasteiger partial charge in [-0.1, -0.05) is 48.5 Å². The van der Waals surface area contributed by atoms with Crippen LogP contribution in [-0.4, -0.2) is 66.5 Å². The van der Waals surface area contributed by atoms with E-state index >= 15 is 0 Å². The van der Waals surface area contributed by atoms with Crippen molar-refractivity contribution in [3.63, 3.8) is 0 Å². The number of benzene rings is 2. The van der Waals surface area contributed by atoms with Crippen LogP contribution in [0.2, 0.25) is 0 Å². The third-order valence-electron chi connectivity index (χ3n) is 10.1. The lowest BCUT2D eigenvalue weighted by Crippen LogP contribution is -2.57. The molecule has 6 rings (SSSR count). The Morgan fingerprint density at radius 2 is 1.51 bits per heavy atom. The molecule has 1 spiro atoms. The van der Waals surface area contributed by atoms with Crippen LogP contribution in [0.1, 0.15) is 74.2 Å². The first kappa shape index (κ1) is 27.5. The highest BCUT2D eigenvalue weighted by Crippen LogP contribution is 2.57. The van der Waals surface area contributed by atoms with Crippen molar-refractivity contribution in [3.8, 4) is 0 Å². The van der Waals surface area contributed by atoms with Crippen LogP contribution >= 0.6 is 0 Å². The summed E-state index contributed by atoms with van der Waals surface area (Å²) in [6, 6.07) is 15.8. The number of nitrogens with zero attached hydrogens (tertiary/aromatic N) is 2. The number of aliphatic carboxylic acids is 3. The van der Waals surface area contributed by atoms with Gasteiger partial charge in [0.1, 0.15) is 0 Å². The molecule has 2 aromatic carbocycles. The molecule has 4 N–H and O–H groups in total. The van der Waals surface area contributed by atoms with E-state index in [1.807, 2.05) is 18.2 Å². The van der Waals surface area contributed by atoms with E-state index in [0.29, 0.717) is 11.9 Å². The van der Waals surface area contributed by atoms with Gasteiger partial charge in [-0.3, -0.25) is 9.69 Å². The molecule has 0 bridgehead atoms. The molecule has 2 unspecified atom stereocenters. The van der Waals surface area contributed by atoms with Gasteiger partial charge in [0.15, 0.2) is 6.04 Å². The minimum Gasteiger partial charge on any atom is -0.481 e. The minimum absolute atomic E-state index is 0.115. The molecular weight excluding hydrogens is 524 g/mol. The molecule has 1 aliphatic heterocycles. The molecule has 1 saturated carbocycles. The van der Waals surface area contributed by atoms with Gasteiger partial charge < -0.3 is 25.0 Å². The topological polar surface area (TPSA) is 140 Å². The summed E-state index contributed by atoms with van der Waals surface area (Å²) in [5, 5.41) is 42.3. The quantitative estimate of drug-likeness (QED) is 0.320. The van der Waals surface area contributed by atoms with E-state index in [-0.39, 0.29) is 5.54 Å². The Kier molecular flexibility index (Phi) is 6.70. The largest absolute Gasteiger partial charge is 0.481 e. The van der Waals surface area contributed by atoms with Crippen LogP contribution in [0.15, 0.2) is 54.6 Å². The number of rotatable bonds is 8. The lowest BCUT2D eigenvalue weighted by Gasteiger charge is -2.56. The summed E-state index contributed by atoms with van der Waals surface area (Å²) in [6.45, 7) is 2.07. The summed E-state index contributed by atoms with van der Waals surface area (Å²) < 4.78 is 1.49.